The van der Waals surface area contributed by atoms with Gasteiger partial charge in [0, 0.05) is 24.2 Å². The Morgan fingerprint density at radius 3 is 2.28 bits per heavy atom. The predicted molar refractivity (Wildman–Crippen MR) is 75.3 cm³/mol. The number of nitrogens with one attached hydrogen (secondary N) is 1. The number of rotatable bonds is 6. The molecule has 0 heterocycles. The number of amides is 1. The zero-order valence-corrected chi connectivity index (χ0v) is 12.7. The summed E-state index contributed by atoms with van der Waals surface area (Å²) in [5.41, 5.74) is 4.98. The molecule has 0 aromatic carbocycles. The number of nitrogens with two attached hydrogens (primary N) is 1. The summed E-state index contributed by atoms with van der Waals surface area (Å²) in [5, 5.41) is 3.03. The van der Waals surface area contributed by atoms with Crippen LogP contribution in [-0.4, -0.2) is 42.0 Å². The number of carbonyl (C=O) groups is 1. The molecule has 1 atom stereocenters. The molecule has 0 saturated heterocycles. The molecule has 1 aliphatic carbocycles. The second kappa shape index (κ2) is 5.17. The van der Waals surface area contributed by atoms with E-state index in [1.807, 2.05) is 27.7 Å². The summed E-state index contributed by atoms with van der Waals surface area (Å²) in [6.07, 6.45) is 2.58. The zero-order chi connectivity index (χ0) is 14.1. The molecule has 0 aliphatic heterocycles. The van der Waals surface area contributed by atoms with E-state index in [2.05, 4.69) is 24.2 Å². The van der Waals surface area contributed by atoms with Crippen molar-refractivity contribution >= 4 is 5.91 Å². The second-order valence-electron chi connectivity index (χ2n) is 6.80. The SMILES string of the molecule is CC(CNC(=O)C(C)(C)C(C)(C)N)N(C)C1CC1. The molecule has 1 amide bonds. The van der Waals surface area contributed by atoms with E-state index in [9.17, 15) is 4.79 Å². The van der Waals surface area contributed by atoms with Crippen LogP contribution in [0.3, 0.4) is 0 Å². The average molecular weight is 255 g/mol. The van der Waals surface area contributed by atoms with Crippen molar-refractivity contribution in [1.82, 2.24) is 10.2 Å². The lowest BCUT2D eigenvalue weighted by molar-refractivity contribution is -0.132. The Bertz CT molecular complexity index is 303. The molecular weight excluding hydrogens is 226 g/mol. The summed E-state index contributed by atoms with van der Waals surface area (Å²) in [4.78, 5) is 14.6. The first-order valence-corrected chi connectivity index (χ1v) is 6.86. The summed E-state index contributed by atoms with van der Waals surface area (Å²) < 4.78 is 0. The number of hydrogen-bond acceptors (Lipinski definition) is 3. The van der Waals surface area contributed by atoms with Crippen molar-refractivity contribution < 1.29 is 4.79 Å². The Morgan fingerprint density at radius 1 is 1.39 bits per heavy atom. The van der Waals surface area contributed by atoms with Gasteiger partial charge in [0.1, 0.15) is 0 Å². The van der Waals surface area contributed by atoms with Gasteiger partial charge in [-0.05, 0) is 54.5 Å². The largest absolute Gasteiger partial charge is 0.354 e. The van der Waals surface area contributed by atoms with Gasteiger partial charge in [-0.1, -0.05) is 0 Å². The lowest BCUT2D eigenvalue weighted by Gasteiger charge is -2.37. The van der Waals surface area contributed by atoms with Crippen molar-refractivity contribution in [3.8, 4) is 0 Å². The fraction of sp³-hybridized carbons (Fsp3) is 0.929. The van der Waals surface area contributed by atoms with Crippen LogP contribution in [0.2, 0.25) is 0 Å². The summed E-state index contributed by atoms with van der Waals surface area (Å²) in [6.45, 7) is 10.4. The molecule has 4 nitrogen and oxygen atoms in total. The van der Waals surface area contributed by atoms with E-state index in [1.54, 1.807) is 0 Å². The molecule has 0 bridgehead atoms. The maximum absolute atomic E-state index is 12.2. The van der Waals surface area contributed by atoms with Gasteiger partial charge in [0.2, 0.25) is 5.91 Å². The van der Waals surface area contributed by atoms with Crippen LogP contribution in [0, 0.1) is 5.41 Å². The first-order valence-electron chi connectivity index (χ1n) is 6.86. The molecular formula is C14H29N3O. The molecule has 0 spiro atoms. The summed E-state index contributed by atoms with van der Waals surface area (Å²) in [5.74, 6) is 0.0334. The van der Waals surface area contributed by atoms with Gasteiger partial charge in [0.25, 0.3) is 0 Å². The molecule has 3 N–H and O–H groups in total. The molecule has 106 valence electrons. The van der Waals surface area contributed by atoms with E-state index in [4.69, 9.17) is 5.73 Å². The number of nitrogens with zero attached hydrogens (tertiary/aromatic N) is 1. The van der Waals surface area contributed by atoms with Crippen molar-refractivity contribution in [1.29, 1.82) is 0 Å². The van der Waals surface area contributed by atoms with Crippen LogP contribution in [-0.2, 0) is 4.79 Å². The minimum atomic E-state index is -0.565. The van der Waals surface area contributed by atoms with E-state index < -0.39 is 11.0 Å². The van der Waals surface area contributed by atoms with Gasteiger partial charge in [-0.2, -0.15) is 0 Å². The second-order valence-corrected chi connectivity index (χ2v) is 6.80. The van der Waals surface area contributed by atoms with E-state index in [-0.39, 0.29) is 5.91 Å². The predicted octanol–water partition coefficient (Wildman–Crippen LogP) is 1.35. The third-order valence-electron chi connectivity index (χ3n) is 4.55. The van der Waals surface area contributed by atoms with E-state index >= 15 is 0 Å². The highest BCUT2D eigenvalue weighted by molar-refractivity contribution is 5.83. The molecule has 4 heteroatoms. The number of hydrogen-bond donors (Lipinski definition) is 2. The van der Waals surface area contributed by atoms with Crippen LogP contribution in [0.4, 0.5) is 0 Å². The van der Waals surface area contributed by atoms with Crippen molar-refractivity contribution in [3.63, 3.8) is 0 Å². The highest BCUT2D eigenvalue weighted by Gasteiger charge is 2.40. The topological polar surface area (TPSA) is 58.4 Å². The molecule has 1 saturated carbocycles. The van der Waals surface area contributed by atoms with Gasteiger partial charge in [-0.25, -0.2) is 0 Å². The minimum Gasteiger partial charge on any atom is -0.354 e. The monoisotopic (exact) mass is 255 g/mol. The molecule has 18 heavy (non-hydrogen) atoms. The Morgan fingerprint density at radius 2 is 1.89 bits per heavy atom. The minimum absolute atomic E-state index is 0.0334. The zero-order valence-electron chi connectivity index (χ0n) is 12.7. The van der Waals surface area contributed by atoms with Crippen LogP contribution in [0.1, 0.15) is 47.5 Å². The Labute approximate surface area is 111 Å². The fourth-order valence-electron chi connectivity index (χ4n) is 1.74. The average Bonchev–Trinajstić information content (AvgIpc) is 3.06. The lowest BCUT2D eigenvalue weighted by atomic mass is 9.74. The third kappa shape index (κ3) is 3.45. The van der Waals surface area contributed by atoms with Gasteiger partial charge in [0.15, 0.2) is 0 Å². The molecule has 1 aliphatic rings. The van der Waals surface area contributed by atoms with E-state index in [1.165, 1.54) is 12.8 Å². The van der Waals surface area contributed by atoms with Crippen LogP contribution < -0.4 is 11.1 Å². The van der Waals surface area contributed by atoms with Gasteiger partial charge in [-0.3, -0.25) is 9.69 Å². The first-order chi connectivity index (χ1) is 8.07. The van der Waals surface area contributed by atoms with Crippen molar-refractivity contribution in [3.05, 3.63) is 0 Å². The van der Waals surface area contributed by atoms with E-state index in [0.717, 1.165) is 6.04 Å². The maximum atomic E-state index is 12.2. The molecule has 1 rings (SSSR count). The molecule has 0 aromatic rings. The summed E-state index contributed by atoms with van der Waals surface area (Å²) >= 11 is 0. The molecule has 1 fully saturated rings. The van der Waals surface area contributed by atoms with Gasteiger partial charge in [-0.15, -0.1) is 0 Å². The lowest BCUT2D eigenvalue weighted by Crippen LogP contribution is -2.56. The van der Waals surface area contributed by atoms with E-state index in [0.29, 0.717) is 12.6 Å². The Kier molecular flexibility index (Phi) is 4.44. The number of carbonyl (C=O) groups excluding carboxylic acids is 1. The maximum Gasteiger partial charge on any atom is 0.227 e. The van der Waals surface area contributed by atoms with Crippen LogP contribution in [0.5, 0.6) is 0 Å². The van der Waals surface area contributed by atoms with Crippen LogP contribution >= 0.6 is 0 Å². The van der Waals surface area contributed by atoms with Crippen LogP contribution in [0.25, 0.3) is 0 Å². The van der Waals surface area contributed by atoms with Crippen molar-refractivity contribution in [2.24, 2.45) is 11.1 Å². The quantitative estimate of drug-likeness (QED) is 0.753. The normalized spacial score (nSPS) is 18.9. The summed E-state index contributed by atoms with van der Waals surface area (Å²) in [6, 6.07) is 1.09. The van der Waals surface area contributed by atoms with Crippen molar-refractivity contribution in [2.45, 2.75) is 65.1 Å². The molecule has 0 radical (unpaired) electrons. The summed E-state index contributed by atoms with van der Waals surface area (Å²) in [7, 11) is 2.13. The fourth-order valence-corrected chi connectivity index (χ4v) is 1.74. The van der Waals surface area contributed by atoms with Crippen molar-refractivity contribution in [2.75, 3.05) is 13.6 Å². The molecule has 1 unspecified atom stereocenters. The third-order valence-corrected chi connectivity index (χ3v) is 4.55. The molecule has 0 aromatic heterocycles. The van der Waals surface area contributed by atoms with Gasteiger partial charge < -0.3 is 11.1 Å². The highest BCUT2D eigenvalue weighted by atomic mass is 16.2. The van der Waals surface area contributed by atoms with Crippen LogP contribution in [0.15, 0.2) is 0 Å². The standard InChI is InChI=1S/C14H29N3O/c1-10(17(6)11-7-8-11)9-16-12(18)13(2,3)14(4,5)15/h10-11H,7-9,15H2,1-6H3,(H,16,18). The first kappa shape index (κ1) is 15.4. The highest BCUT2D eigenvalue weighted by Crippen LogP contribution is 2.29. The van der Waals surface area contributed by atoms with Gasteiger partial charge >= 0.3 is 0 Å². The van der Waals surface area contributed by atoms with Gasteiger partial charge in [0.05, 0.1) is 5.41 Å². The Hall–Kier alpha value is -0.610. The number of likely N-dealkylation sites (N-methyl/N-ethyl adjacent to an activating group) is 1. The Balaban J connectivity index is 2.45. The smallest absolute Gasteiger partial charge is 0.227 e.